The number of benzene rings is 1. The standard InChI is InChI=1S/C23H30N4O2/c1-29-17-5-11-25(18-20-7-2-3-10-24-20)13-14-27-16-15-26-12-9-19-6-4-8-21(22(19)26)23(27)28/h2-4,6-8,10H,5,9,11-18H2,1H3. The van der Waals surface area contributed by atoms with E-state index in [0.717, 1.165) is 76.5 Å². The number of carbonyl (C=O) groups is 1. The molecule has 0 radical (unpaired) electrons. The normalized spacial score (nSPS) is 15.7. The lowest BCUT2D eigenvalue weighted by atomic mass is 10.1. The number of hydrogen-bond acceptors (Lipinski definition) is 5. The first-order valence-corrected chi connectivity index (χ1v) is 10.5. The molecule has 1 aromatic heterocycles. The quantitative estimate of drug-likeness (QED) is 0.612. The average molecular weight is 395 g/mol. The molecule has 1 amide bonds. The molecule has 0 unspecified atom stereocenters. The van der Waals surface area contributed by atoms with Crippen LogP contribution in [0.4, 0.5) is 5.69 Å². The van der Waals surface area contributed by atoms with E-state index in [1.807, 2.05) is 35.4 Å². The van der Waals surface area contributed by atoms with Gasteiger partial charge in [-0.25, -0.2) is 0 Å². The van der Waals surface area contributed by atoms with Gasteiger partial charge in [-0.2, -0.15) is 0 Å². The molecular weight excluding hydrogens is 364 g/mol. The number of methoxy groups -OCH3 is 1. The maximum absolute atomic E-state index is 13.2. The summed E-state index contributed by atoms with van der Waals surface area (Å²) in [6, 6.07) is 12.2. The molecule has 29 heavy (non-hydrogen) atoms. The minimum absolute atomic E-state index is 0.168. The van der Waals surface area contributed by atoms with E-state index in [-0.39, 0.29) is 5.91 Å². The predicted octanol–water partition coefficient (Wildman–Crippen LogP) is 2.44. The highest BCUT2D eigenvalue weighted by Gasteiger charge is 2.31. The van der Waals surface area contributed by atoms with Gasteiger partial charge < -0.3 is 14.5 Å². The lowest BCUT2D eigenvalue weighted by Crippen LogP contribution is -2.40. The highest BCUT2D eigenvalue weighted by atomic mass is 16.5. The van der Waals surface area contributed by atoms with Gasteiger partial charge in [0.05, 0.1) is 16.9 Å². The Kier molecular flexibility index (Phi) is 6.42. The Morgan fingerprint density at radius 1 is 1.10 bits per heavy atom. The van der Waals surface area contributed by atoms with Gasteiger partial charge in [0.2, 0.25) is 0 Å². The van der Waals surface area contributed by atoms with Gasteiger partial charge in [-0.05, 0) is 36.6 Å². The molecule has 0 saturated heterocycles. The van der Waals surface area contributed by atoms with Crippen LogP contribution in [0.5, 0.6) is 0 Å². The smallest absolute Gasteiger partial charge is 0.256 e. The first-order chi connectivity index (χ1) is 14.3. The number of rotatable bonds is 9. The third-order valence-corrected chi connectivity index (χ3v) is 5.87. The van der Waals surface area contributed by atoms with E-state index >= 15 is 0 Å². The molecule has 3 heterocycles. The average Bonchev–Trinajstić information content (AvgIpc) is 3.11. The second-order valence-electron chi connectivity index (χ2n) is 7.79. The summed E-state index contributed by atoms with van der Waals surface area (Å²) in [6.07, 6.45) is 3.85. The van der Waals surface area contributed by atoms with Gasteiger partial charge in [0, 0.05) is 65.7 Å². The summed E-state index contributed by atoms with van der Waals surface area (Å²) in [7, 11) is 1.74. The van der Waals surface area contributed by atoms with Crippen LogP contribution < -0.4 is 4.90 Å². The number of hydrogen-bond donors (Lipinski definition) is 0. The number of pyridine rings is 1. The Balaban J connectivity index is 1.43. The van der Waals surface area contributed by atoms with Gasteiger partial charge in [-0.15, -0.1) is 0 Å². The van der Waals surface area contributed by atoms with Crippen molar-refractivity contribution in [3.05, 3.63) is 59.4 Å². The second kappa shape index (κ2) is 9.37. The molecule has 2 aliphatic heterocycles. The van der Waals surface area contributed by atoms with Gasteiger partial charge in [-0.3, -0.25) is 14.7 Å². The maximum atomic E-state index is 13.2. The summed E-state index contributed by atoms with van der Waals surface area (Å²) in [5.41, 5.74) is 4.41. The van der Waals surface area contributed by atoms with E-state index in [9.17, 15) is 4.79 Å². The van der Waals surface area contributed by atoms with Crippen LogP contribution in [0, 0.1) is 0 Å². The Morgan fingerprint density at radius 3 is 2.86 bits per heavy atom. The summed E-state index contributed by atoms with van der Waals surface area (Å²) in [4.78, 5) is 24.5. The molecule has 0 N–H and O–H groups in total. The lowest BCUT2D eigenvalue weighted by molar-refractivity contribution is 0.0740. The Morgan fingerprint density at radius 2 is 2.03 bits per heavy atom. The number of para-hydroxylation sites is 1. The zero-order valence-corrected chi connectivity index (χ0v) is 17.2. The topological polar surface area (TPSA) is 48.9 Å². The molecule has 2 aromatic rings. The first kappa shape index (κ1) is 19.9. The Bertz CT molecular complexity index is 827. The van der Waals surface area contributed by atoms with E-state index in [0.29, 0.717) is 0 Å². The van der Waals surface area contributed by atoms with Crippen LogP contribution in [0.3, 0.4) is 0 Å². The SMILES string of the molecule is COCCCN(CCN1CCN2CCc3cccc(c32)C1=O)Cc1ccccn1. The zero-order chi connectivity index (χ0) is 20.1. The van der Waals surface area contributed by atoms with Gasteiger partial charge in [0.25, 0.3) is 5.91 Å². The molecule has 6 heteroatoms. The predicted molar refractivity (Wildman–Crippen MR) is 114 cm³/mol. The number of amides is 1. The lowest BCUT2D eigenvalue weighted by Gasteiger charge is -2.27. The molecule has 0 saturated carbocycles. The van der Waals surface area contributed by atoms with E-state index in [2.05, 4.69) is 26.9 Å². The van der Waals surface area contributed by atoms with Crippen molar-refractivity contribution in [3.8, 4) is 0 Å². The summed E-state index contributed by atoms with van der Waals surface area (Å²) in [5, 5.41) is 0. The Labute approximate surface area is 173 Å². The summed E-state index contributed by atoms with van der Waals surface area (Å²) in [6.45, 7) is 6.75. The molecule has 0 bridgehead atoms. The fourth-order valence-corrected chi connectivity index (χ4v) is 4.34. The van der Waals surface area contributed by atoms with Crippen LogP contribution in [0.2, 0.25) is 0 Å². The van der Waals surface area contributed by atoms with Crippen LogP contribution in [0.25, 0.3) is 0 Å². The van der Waals surface area contributed by atoms with Gasteiger partial charge in [0.1, 0.15) is 0 Å². The van der Waals surface area contributed by atoms with Crippen LogP contribution >= 0.6 is 0 Å². The first-order valence-electron chi connectivity index (χ1n) is 10.5. The monoisotopic (exact) mass is 394 g/mol. The Hall–Kier alpha value is -2.44. The molecule has 4 rings (SSSR count). The second-order valence-corrected chi connectivity index (χ2v) is 7.79. The molecule has 0 spiro atoms. The number of anilines is 1. The highest BCUT2D eigenvalue weighted by molar-refractivity contribution is 6.01. The van der Waals surface area contributed by atoms with Crippen molar-refractivity contribution in [1.82, 2.24) is 14.8 Å². The molecular formula is C23H30N4O2. The van der Waals surface area contributed by atoms with Crippen molar-refractivity contribution in [1.29, 1.82) is 0 Å². The fourth-order valence-electron chi connectivity index (χ4n) is 4.34. The molecule has 1 aromatic carbocycles. The number of aromatic nitrogens is 1. The number of nitrogens with zero attached hydrogens (tertiary/aromatic N) is 4. The molecule has 0 atom stereocenters. The third-order valence-electron chi connectivity index (χ3n) is 5.87. The summed E-state index contributed by atoms with van der Waals surface area (Å²) >= 11 is 0. The fraction of sp³-hybridized carbons (Fsp3) is 0.478. The zero-order valence-electron chi connectivity index (χ0n) is 17.2. The molecule has 0 fully saturated rings. The number of carbonyl (C=O) groups excluding carboxylic acids is 1. The maximum Gasteiger partial charge on any atom is 0.256 e. The molecule has 0 aliphatic carbocycles. The van der Waals surface area contributed by atoms with Gasteiger partial charge >= 0.3 is 0 Å². The van der Waals surface area contributed by atoms with Gasteiger partial charge in [-0.1, -0.05) is 18.2 Å². The molecule has 154 valence electrons. The van der Waals surface area contributed by atoms with Crippen molar-refractivity contribution in [3.63, 3.8) is 0 Å². The molecule has 6 nitrogen and oxygen atoms in total. The minimum atomic E-state index is 0.168. The van der Waals surface area contributed by atoms with Crippen molar-refractivity contribution in [2.24, 2.45) is 0 Å². The van der Waals surface area contributed by atoms with Crippen LogP contribution in [-0.2, 0) is 17.7 Å². The summed E-state index contributed by atoms with van der Waals surface area (Å²) in [5.74, 6) is 0.168. The van der Waals surface area contributed by atoms with Crippen LogP contribution in [0.15, 0.2) is 42.6 Å². The van der Waals surface area contributed by atoms with Gasteiger partial charge in [0.15, 0.2) is 0 Å². The highest BCUT2D eigenvalue weighted by Crippen LogP contribution is 2.34. The van der Waals surface area contributed by atoms with Crippen LogP contribution in [-0.4, -0.2) is 73.7 Å². The largest absolute Gasteiger partial charge is 0.385 e. The van der Waals surface area contributed by atoms with Crippen molar-refractivity contribution >= 4 is 11.6 Å². The minimum Gasteiger partial charge on any atom is -0.385 e. The number of ether oxygens (including phenoxy) is 1. The van der Waals surface area contributed by atoms with Crippen molar-refractivity contribution < 1.29 is 9.53 Å². The molecule has 2 aliphatic rings. The third kappa shape index (κ3) is 4.60. The van der Waals surface area contributed by atoms with Crippen molar-refractivity contribution in [2.75, 3.05) is 57.9 Å². The van der Waals surface area contributed by atoms with E-state index in [1.165, 1.54) is 11.3 Å². The van der Waals surface area contributed by atoms with Crippen LogP contribution in [0.1, 0.15) is 28.0 Å². The van der Waals surface area contributed by atoms with E-state index in [1.54, 1.807) is 7.11 Å². The van der Waals surface area contributed by atoms with E-state index < -0.39 is 0 Å². The van der Waals surface area contributed by atoms with Crippen molar-refractivity contribution in [2.45, 2.75) is 19.4 Å². The summed E-state index contributed by atoms with van der Waals surface area (Å²) < 4.78 is 5.23. The van der Waals surface area contributed by atoms with E-state index in [4.69, 9.17) is 4.74 Å².